The Balaban J connectivity index is 1.97. The second kappa shape index (κ2) is 9.75. The van der Waals surface area contributed by atoms with Crippen LogP contribution in [0.1, 0.15) is 12.1 Å². The van der Waals surface area contributed by atoms with Gasteiger partial charge < -0.3 is 19.8 Å². The molecule has 0 fully saturated rings. The number of rotatable bonds is 8. The average molecular weight is 485 g/mol. The van der Waals surface area contributed by atoms with Crippen molar-refractivity contribution in [3.63, 3.8) is 0 Å². The molecule has 34 heavy (non-hydrogen) atoms. The van der Waals surface area contributed by atoms with E-state index in [2.05, 4.69) is 9.68 Å². The molecule has 3 aromatic rings. The number of nitrogens with one attached hydrogen (secondary N) is 1. The number of halogens is 5. The van der Waals surface area contributed by atoms with Crippen LogP contribution in [0, 0.1) is 12.7 Å². The maximum absolute atomic E-state index is 14.3. The fraction of sp³-hybridized carbons (Fsp3) is 0.318. The molecule has 12 heteroatoms. The molecule has 0 saturated heterocycles. The number of para-hydroxylation sites is 1. The first kappa shape index (κ1) is 25.1. The highest BCUT2D eigenvalue weighted by atomic mass is 19.4. The van der Waals surface area contributed by atoms with Gasteiger partial charge >= 0.3 is 11.8 Å². The molecule has 1 atom stereocenters. The lowest BCUT2D eigenvalue weighted by Gasteiger charge is -2.35. The van der Waals surface area contributed by atoms with Crippen LogP contribution in [0.2, 0.25) is 0 Å². The number of benzene rings is 2. The van der Waals surface area contributed by atoms with E-state index < -0.39 is 42.3 Å². The summed E-state index contributed by atoms with van der Waals surface area (Å²) in [6.07, 6.45) is -5.73. The highest BCUT2D eigenvalue weighted by Crippen LogP contribution is 2.34. The minimum absolute atomic E-state index is 0.0912. The molecule has 1 amide bonds. The van der Waals surface area contributed by atoms with E-state index in [0.29, 0.717) is 0 Å². The van der Waals surface area contributed by atoms with Gasteiger partial charge in [-0.1, -0.05) is 17.3 Å². The second-order valence-electron chi connectivity index (χ2n) is 7.54. The van der Waals surface area contributed by atoms with Crippen molar-refractivity contribution in [3.8, 4) is 0 Å². The van der Waals surface area contributed by atoms with Crippen LogP contribution in [0.5, 0.6) is 0 Å². The van der Waals surface area contributed by atoms with Crippen LogP contribution in [-0.4, -0.2) is 47.7 Å². The smallest absolute Gasteiger partial charge is 0.371 e. The highest BCUT2D eigenvalue weighted by molar-refractivity contribution is 6.00. The molecular weight excluding hydrogens is 465 g/mol. The summed E-state index contributed by atoms with van der Waals surface area (Å²) in [6.45, 7) is -1.19. The van der Waals surface area contributed by atoms with Gasteiger partial charge in [0.1, 0.15) is 5.82 Å². The number of aromatic nitrogens is 1. The molecule has 0 aliphatic rings. The highest BCUT2D eigenvalue weighted by Gasteiger charge is 2.60. The Morgan fingerprint density at radius 3 is 2.53 bits per heavy atom. The number of nitrogens with zero attached hydrogens (tertiary/aromatic N) is 2. The van der Waals surface area contributed by atoms with E-state index in [0.717, 1.165) is 23.1 Å². The molecule has 2 N–H and O–H groups in total. The van der Waals surface area contributed by atoms with E-state index in [1.807, 2.05) is 5.32 Å². The van der Waals surface area contributed by atoms with E-state index in [4.69, 9.17) is 0 Å². The Labute approximate surface area is 189 Å². The van der Waals surface area contributed by atoms with Gasteiger partial charge in [-0.25, -0.2) is 9.18 Å². The normalized spacial score (nSPS) is 13.5. The summed E-state index contributed by atoms with van der Waals surface area (Å²) in [7, 11) is 0. The summed E-state index contributed by atoms with van der Waals surface area (Å²) < 4.78 is 73.5. The van der Waals surface area contributed by atoms with Crippen molar-refractivity contribution in [2.24, 2.45) is 0 Å². The molecule has 0 spiro atoms. The SMILES string of the molecule is Cc1noc(=O)c2ccc(NC(=O)C(O)(CN(CCCF)c3ccccc3F)C(F)(F)F)cc12. The largest absolute Gasteiger partial charge is 0.428 e. The monoisotopic (exact) mass is 485 g/mol. The fourth-order valence-electron chi connectivity index (χ4n) is 3.35. The van der Waals surface area contributed by atoms with E-state index in [-0.39, 0.29) is 40.8 Å². The third kappa shape index (κ3) is 5.01. The van der Waals surface area contributed by atoms with Crippen LogP contribution < -0.4 is 15.8 Å². The van der Waals surface area contributed by atoms with Crippen LogP contribution in [0.25, 0.3) is 10.8 Å². The zero-order valence-electron chi connectivity index (χ0n) is 17.8. The third-order valence-corrected chi connectivity index (χ3v) is 5.17. The molecule has 0 radical (unpaired) electrons. The van der Waals surface area contributed by atoms with Crippen LogP contribution in [0.15, 0.2) is 51.8 Å². The first-order valence-corrected chi connectivity index (χ1v) is 10.0. The van der Waals surface area contributed by atoms with Crippen molar-refractivity contribution in [3.05, 3.63) is 64.4 Å². The molecule has 2 aromatic carbocycles. The lowest BCUT2D eigenvalue weighted by molar-refractivity contribution is -0.245. The number of aliphatic hydroxyl groups is 1. The van der Waals surface area contributed by atoms with Gasteiger partial charge in [-0.15, -0.1) is 0 Å². The van der Waals surface area contributed by atoms with Crippen LogP contribution in [0.4, 0.5) is 33.3 Å². The van der Waals surface area contributed by atoms with Crippen LogP contribution in [-0.2, 0) is 4.79 Å². The van der Waals surface area contributed by atoms with Gasteiger partial charge in [-0.3, -0.25) is 9.18 Å². The number of anilines is 2. The predicted molar refractivity (Wildman–Crippen MR) is 114 cm³/mol. The van der Waals surface area contributed by atoms with Crippen molar-refractivity contribution in [1.82, 2.24) is 5.16 Å². The first-order chi connectivity index (χ1) is 16.0. The molecular formula is C22H20F5N3O4. The molecule has 1 unspecified atom stereocenters. The average Bonchev–Trinajstić information content (AvgIpc) is 2.78. The quantitative estimate of drug-likeness (QED) is 0.472. The maximum atomic E-state index is 14.3. The van der Waals surface area contributed by atoms with E-state index in [1.165, 1.54) is 31.2 Å². The Hall–Kier alpha value is -3.54. The minimum atomic E-state index is -5.47. The zero-order valence-corrected chi connectivity index (χ0v) is 17.8. The van der Waals surface area contributed by atoms with Gasteiger partial charge in [-0.05, 0) is 43.7 Å². The van der Waals surface area contributed by atoms with E-state index in [1.54, 1.807) is 0 Å². The standard InChI is InChI=1S/C22H20F5N3O4/c1-13-16-11-14(7-8-15(16)19(31)34-29-13)28-20(32)21(33,22(25,26)27)12-30(10-4-9-23)18-6-3-2-5-17(18)24/h2-3,5-8,11,33H,4,9-10,12H2,1H3,(H,28,32). The number of aryl methyl sites for hydroxylation is 1. The topological polar surface area (TPSA) is 95.7 Å². The van der Waals surface area contributed by atoms with E-state index >= 15 is 0 Å². The number of alkyl halides is 4. The van der Waals surface area contributed by atoms with Gasteiger partial charge in [0.05, 0.1) is 30.0 Å². The molecule has 0 aliphatic heterocycles. The minimum Gasteiger partial charge on any atom is -0.371 e. The molecule has 0 aliphatic carbocycles. The third-order valence-electron chi connectivity index (χ3n) is 5.17. The Morgan fingerprint density at radius 2 is 1.88 bits per heavy atom. The molecule has 0 bridgehead atoms. The summed E-state index contributed by atoms with van der Waals surface area (Å²) >= 11 is 0. The zero-order chi connectivity index (χ0) is 25.1. The Bertz CT molecular complexity index is 1250. The van der Waals surface area contributed by atoms with E-state index in [9.17, 15) is 36.6 Å². The van der Waals surface area contributed by atoms with Crippen molar-refractivity contribution in [1.29, 1.82) is 0 Å². The number of hydrogen-bond acceptors (Lipinski definition) is 6. The summed E-state index contributed by atoms with van der Waals surface area (Å²) in [4.78, 5) is 25.2. The molecule has 1 heterocycles. The number of fused-ring (bicyclic) bond motifs is 1. The molecule has 7 nitrogen and oxygen atoms in total. The van der Waals surface area contributed by atoms with Crippen molar-refractivity contribution in [2.75, 3.05) is 30.0 Å². The molecule has 1 aromatic heterocycles. The van der Waals surface area contributed by atoms with Crippen molar-refractivity contribution < 1.29 is 36.4 Å². The van der Waals surface area contributed by atoms with Gasteiger partial charge in [0.15, 0.2) is 0 Å². The lowest BCUT2D eigenvalue weighted by Crippen LogP contribution is -2.61. The summed E-state index contributed by atoms with van der Waals surface area (Å²) in [5.74, 6) is -2.74. The number of hydrogen-bond donors (Lipinski definition) is 2. The maximum Gasteiger partial charge on any atom is 0.428 e. The molecule has 0 saturated carbocycles. The summed E-state index contributed by atoms with van der Waals surface area (Å²) in [6, 6.07) is 8.41. The van der Waals surface area contributed by atoms with Gasteiger partial charge in [-0.2, -0.15) is 13.2 Å². The summed E-state index contributed by atoms with van der Waals surface area (Å²) in [5, 5.41) is 16.4. The van der Waals surface area contributed by atoms with Crippen LogP contribution in [0.3, 0.4) is 0 Å². The summed E-state index contributed by atoms with van der Waals surface area (Å²) in [5.41, 5.74) is -5.00. The number of carbonyl (C=O) groups is 1. The second-order valence-corrected chi connectivity index (χ2v) is 7.54. The number of carbonyl (C=O) groups excluding carboxylic acids is 1. The number of amides is 1. The molecule has 182 valence electrons. The van der Waals surface area contributed by atoms with Crippen molar-refractivity contribution >= 4 is 28.1 Å². The van der Waals surface area contributed by atoms with Crippen molar-refractivity contribution in [2.45, 2.75) is 25.1 Å². The van der Waals surface area contributed by atoms with Gasteiger partial charge in [0.25, 0.3) is 11.5 Å². The Morgan fingerprint density at radius 1 is 1.18 bits per heavy atom. The predicted octanol–water partition coefficient (Wildman–Crippen LogP) is 3.73. The van der Waals surface area contributed by atoms with Gasteiger partial charge in [0, 0.05) is 17.6 Å². The molecule has 3 rings (SSSR count). The van der Waals surface area contributed by atoms with Crippen LogP contribution >= 0.6 is 0 Å². The lowest BCUT2D eigenvalue weighted by atomic mass is 10.00. The Kier molecular flexibility index (Phi) is 7.20. The first-order valence-electron chi connectivity index (χ1n) is 10.0. The van der Waals surface area contributed by atoms with Gasteiger partial charge in [0.2, 0.25) is 0 Å². The fourth-order valence-corrected chi connectivity index (χ4v) is 3.35.